The molecule has 2 aliphatic carbocycles. The molecule has 0 bridgehead atoms. The lowest BCUT2D eigenvalue weighted by molar-refractivity contribution is 0.586. The van der Waals surface area contributed by atoms with Crippen molar-refractivity contribution in [1.29, 1.82) is 0 Å². The number of nitrogens with zero attached hydrogens (tertiary/aromatic N) is 2. The van der Waals surface area contributed by atoms with Crippen LogP contribution in [0, 0.1) is 0 Å². The first-order valence-electron chi connectivity index (χ1n) is 33.2. The number of anilines is 6. The molecule has 2 atom stereocenters. The summed E-state index contributed by atoms with van der Waals surface area (Å²) in [7, 11) is 0. The maximum Gasteiger partial charge on any atom is 0.0540 e. The molecule has 15 rings (SSSR count). The second kappa shape index (κ2) is 23.7. The van der Waals surface area contributed by atoms with E-state index in [2.05, 4.69) is 368 Å². The first-order valence-corrected chi connectivity index (χ1v) is 33.2. The average Bonchev–Trinajstić information content (AvgIpc) is 1.55. The van der Waals surface area contributed by atoms with Crippen molar-refractivity contribution in [2.24, 2.45) is 0 Å². The van der Waals surface area contributed by atoms with Crippen molar-refractivity contribution in [3.8, 4) is 33.4 Å². The Hall–Kier alpha value is -10.8. The Kier molecular flexibility index (Phi) is 15.0. The Morgan fingerprint density at radius 3 is 1.14 bits per heavy atom. The summed E-state index contributed by atoms with van der Waals surface area (Å²) in [6.07, 6.45) is 5.45. The van der Waals surface area contributed by atoms with E-state index in [-0.39, 0.29) is 10.8 Å². The lowest BCUT2D eigenvalue weighted by atomic mass is 9.68. The van der Waals surface area contributed by atoms with Crippen LogP contribution in [-0.2, 0) is 34.5 Å². The van der Waals surface area contributed by atoms with Crippen molar-refractivity contribution in [2.75, 3.05) is 9.80 Å². The molecule has 94 heavy (non-hydrogen) atoms. The summed E-state index contributed by atoms with van der Waals surface area (Å²) in [5.74, 6) is 0. The number of para-hydroxylation sites is 2. The van der Waals surface area contributed by atoms with Gasteiger partial charge in [0.1, 0.15) is 0 Å². The van der Waals surface area contributed by atoms with E-state index in [1.807, 2.05) is 12.2 Å². The molecular formula is C92H78N2. The first-order chi connectivity index (χ1) is 45.7. The fourth-order valence-corrected chi connectivity index (χ4v) is 15.4. The molecule has 0 aliphatic heterocycles. The molecular weight excluding hydrogens is 1130 g/mol. The molecule has 0 amide bonds. The van der Waals surface area contributed by atoms with Crippen LogP contribution in [0.5, 0.6) is 0 Å². The largest absolute Gasteiger partial charge is 0.310 e. The fraction of sp³-hybridized carbons (Fsp3) is 0.130. The number of benzene rings is 13. The molecule has 0 saturated heterocycles. The van der Waals surface area contributed by atoms with Gasteiger partial charge in [-0.05, 0) is 196 Å². The van der Waals surface area contributed by atoms with Crippen molar-refractivity contribution in [3.05, 3.63) is 383 Å². The molecule has 2 nitrogen and oxygen atoms in total. The Morgan fingerprint density at radius 1 is 0.309 bits per heavy atom. The van der Waals surface area contributed by atoms with Gasteiger partial charge in [-0.3, -0.25) is 0 Å². The second-order valence-electron chi connectivity index (χ2n) is 27.8. The zero-order chi connectivity index (χ0) is 64.3. The van der Waals surface area contributed by atoms with Crippen LogP contribution in [0.25, 0.3) is 56.3 Å². The van der Waals surface area contributed by atoms with E-state index in [0.717, 1.165) is 63.7 Å². The molecule has 0 N–H and O–H groups in total. The Morgan fingerprint density at radius 2 is 0.681 bits per heavy atom. The molecule has 0 fully saturated rings. The lowest BCUT2D eigenvalue weighted by Crippen LogP contribution is -2.30. The summed E-state index contributed by atoms with van der Waals surface area (Å²) in [4.78, 5) is 4.91. The molecule has 2 heteroatoms. The van der Waals surface area contributed by atoms with Crippen molar-refractivity contribution >= 4 is 57.0 Å². The zero-order valence-electron chi connectivity index (χ0n) is 54.7. The summed E-state index contributed by atoms with van der Waals surface area (Å²) in [5, 5.41) is 2.35. The van der Waals surface area contributed by atoms with Gasteiger partial charge in [-0.1, -0.05) is 303 Å². The minimum absolute atomic E-state index is 0.0144. The minimum atomic E-state index is -0.487. The van der Waals surface area contributed by atoms with Crippen LogP contribution in [0.4, 0.5) is 34.1 Å². The summed E-state index contributed by atoms with van der Waals surface area (Å²) in [6, 6.07) is 114. The van der Waals surface area contributed by atoms with E-state index in [1.54, 1.807) is 0 Å². The normalized spacial score (nSPS) is 15.4. The summed E-state index contributed by atoms with van der Waals surface area (Å²) in [6.45, 7) is 22.0. The number of hydrogen-bond donors (Lipinski definition) is 0. The van der Waals surface area contributed by atoms with E-state index >= 15 is 0 Å². The topological polar surface area (TPSA) is 6.48 Å². The van der Waals surface area contributed by atoms with Crippen LogP contribution < -0.4 is 9.80 Å². The van der Waals surface area contributed by atoms with Crippen molar-refractivity contribution in [1.82, 2.24) is 0 Å². The van der Waals surface area contributed by atoms with Crippen LogP contribution in [0.2, 0.25) is 0 Å². The Balaban J connectivity index is 0.844. The van der Waals surface area contributed by atoms with E-state index in [1.165, 1.54) is 94.2 Å². The van der Waals surface area contributed by atoms with Crippen molar-refractivity contribution < 1.29 is 0 Å². The fourth-order valence-electron chi connectivity index (χ4n) is 15.4. The Bertz CT molecular complexity index is 4970. The van der Waals surface area contributed by atoms with Crippen LogP contribution in [0.1, 0.15) is 108 Å². The third kappa shape index (κ3) is 10.3. The molecule has 0 spiro atoms. The standard InChI is InChI=1S/C92H78N2/c1-9-63-33-37-65(38-34-63)61-91(70-47-43-68(44-48-70)89(3,4)5)84-31-21-19-28-79(84)81-55-53-75(59-86(81)91)93(72-23-13-11-14-24-72)74-51-41-67(42-52-74)77-57-58-88(83-30-18-17-27-78(77)83)94(73-25-15-12-16-26-73)76-54-56-82-80-29-20-22-32-85(80)92(87(82)60-76,62-66-39-35-64(10-2)36-40-66)71-49-45-69(46-50-71)90(6,7)8/h9-60H,1-2,61-62H2,3-8H3. The number of rotatable bonds is 15. The van der Waals surface area contributed by atoms with Crippen molar-refractivity contribution in [3.63, 3.8) is 0 Å². The highest BCUT2D eigenvalue weighted by Crippen LogP contribution is 2.58. The molecule has 2 aliphatic rings. The smallest absolute Gasteiger partial charge is 0.0540 e. The van der Waals surface area contributed by atoms with Gasteiger partial charge in [0.2, 0.25) is 0 Å². The third-order valence-electron chi connectivity index (χ3n) is 20.3. The van der Waals surface area contributed by atoms with Crippen molar-refractivity contribution in [2.45, 2.75) is 76.0 Å². The number of fused-ring (bicyclic) bond motifs is 7. The predicted octanol–water partition coefficient (Wildman–Crippen LogP) is 24.4. The molecule has 13 aromatic carbocycles. The molecule has 0 radical (unpaired) electrons. The maximum atomic E-state index is 4.09. The molecule has 2 unspecified atom stereocenters. The van der Waals surface area contributed by atoms with Gasteiger partial charge < -0.3 is 9.80 Å². The van der Waals surface area contributed by atoms with Gasteiger partial charge in [-0.2, -0.15) is 0 Å². The van der Waals surface area contributed by atoms with Gasteiger partial charge in [-0.15, -0.1) is 0 Å². The predicted molar refractivity (Wildman–Crippen MR) is 400 cm³/mol. The summed E-state index contributed by atoms with van der Waals surface area (Å²) >= 11 is 0. The van der Waals surface area contributed by atoms with E-state index in [9.17, 15) is 0 Å². The quantitative estimate of drug-likeness (QED) is 0.101. The lowest BCUT2D eigenvalue weighted by Gasteiger charge is -2.35. The van der Waals surface area contributed by atoms with Gasteiger partial charge in [0.15, 0.2) is 0 Å². The first kappa shape index (κ1) is 59.5. The monoisotopic (exact) mass is 1210 g/mol. The Labute approximate surface area is 556 Å². The highest BCUT2D eigenvalue weighted by molar-refractivity contribution is 6.07. The molecule has 456 valence electrons. The summed E-state index contributed by atoms with van der Waals surface area (Å²) < 4.78 is 0. The highest BCUT2D eigenvalue weighted by atomic mass is 15.1. The second-order valence-corrected chi connectivity index (χ2v) is 27.8. The molecule has 0 heterocycles. The van der Waals surface area contributed by atoms with Gasteiger partial charge in [0.05, 0.1) is 16.5 Å². The minimum Gasteiger partial charge on any atom is -0.310 e. The van der Waals surface area contributed by atoms with E-state index < -0.39 is 10.8 Å². The summed E-state index contributed by atoms with van der Waals surface area (Å²) in [5.41, 5.74) is 28.4. The van der Waals surface area contributed by atoms with E-state index in [4.69, 9.17) is 0 Å². The van der Waals surface area contributed by atoms with Gasteiger partial charge in [0.25, 0.3) is 0 Å². The molecule has 0 saturated carbocycles. The number of hydrogen-bond acceptors (Lipinski definition) is 2. The van der Waals surface area contributed by atoms with Gasteiger partial charge in [0, 0.05) is 33.8 Å². The van der Waals surface area contributed by atoms with Crippen LogP contribution in [0.3, 0.4) is 0 Å². The van der Waals surface area contributed by atoms with Crippen LogP contribution in [0.15, 0.2) is 316 Å². The zero-order valence-corrected chi connectivity index (χ0v) is 54.7. The maximum absolute atomic E-state index is 4.09. The van der Waals surface area contributed by atoms with Gasteiger partial charge >= 0.3 is 0 Å². The van der Waals surface area contributed by atoms with Crippen LogP contribution >= 0.6 is 0 Å². The average molecular weight is 1210 g/mol. The molecule has 0 aromatic heterocycles. The molecule has 13 aromatic rings. The SMILES string of the molecule is C=Cc1ccc(CC2(c3ccc(C(C)(C)C)cc3)c3ccccc3-c3ccc(N(c4ccccc4)c4ccc(-c5ccc(N(c6ccccc6)c6ccc7c(c6)C(Cc6ccc(C=C)cc6)(c6ccc(C(C)(C)C)cc6)c6ccccc6-7)c6ccccc56)cc4)cc32)cc1. The van der Waals surface area contributed by atoms with E-state index in [0.29, 0.717) is 0 Å². The van der Waals surface area contributed by atoms with Crippen LogP contribution in [-0.4, -0.2) is 0 Å². The third-order valence-corrected chi connectivity index (χ3v) is 20.3. The van der Waals surface area contributed by atoms with Gasteiger partial charge in [-0.25, -0.2) is 0 Å². The highest BCUT2D eigenvalue weighted by Gasteiger charge is 2.47.